The maximum atomic E-state index is 11.7. The number of carboxylic acid groups (broad SMARTS) is 1. The van der Waals surface area contributed by atoms with Crippen molar-refractivity contribution < 1.29 is 29.1 Å². The summed E-state index contributed by atoms with van der Waals surface area (Å²) >= 11 is 0. The molecule has 1 atom stereocenters. The molecule has 0 heterocycles. The third kappa shape index (κ3) is 6.78. The quantitative estimate of drug-likeness (QED) is 0.304. The molecule has 0 saturated carbocycles. The summed E-state index contributed by atoms with van der Waals surface area (Å²) in [6, 6.07) is -2.68. The van der Waals surface area contributed by atoms with Crippen molar-refractivity contribution in [1.82, 2.24) is 10.2 Å². The Bertz CT molecular complexity index is 421. The van der Waals surface area contributed by atoms with Crippen molar-refractivity contribution in [2.75, 3.05) is 13.1 Å². The number of hydrogen-bond acceptors (Lipinski definition) is 5. The van der Waals surface area contributed by atoms with Crippen LogP contribution in [-0.2, 0) is 19.2 Å². The molecule has 0 saturated heterocycles. The average molecular weight is 289 g/mol. The molecule has 0 spiro atoms. The minimum absolute atomic E-state index is 0.613. The number of carboxylic acids is 1. The number of nitrogens with zero attached hydrogens (tertiary/aromatic N) is 1. The van der Waals surface area contributed by atoms with Gasteiger partial charge in [-0.05, 0) is 0 Å². The van der Waals surface area contributed by atoms with E-state index < -0.39 is 55.3 Å². The summed E-state index contributed by atoms with van der Waals surface area (Å²) in [4.78, 5) is 55.3. The molecule has 5 amide bonds. The molecule has 0 aromatic heterocycles. The number of aliphatic carboxylic acids is 1. The van der Waals surface area contributed by atoms with E-state index in [1.54, 1.807) is 0 Å². The summed E-state index contributed by atoms with van der Waals surface area (Å²) in [6.07, 6.45) is -0.651. The Morgan fingerprint density at radius 1 is 0.950 bits per heavy atom. The lowest BCUT2D eigenvalue weighted by Crippen LogP contribution is -2.53. The van der Waals surface area contributed by atoms with Crippen molar-refractivity contribution >= 4 is 29.7 Å². The second kappa shape index (κ2) is 7.56. The Hall–Kier alpha value is -2.85. The molecule has 0 bridgehead atoms. The maximum absolute atomic E-state index is 11.7. The van der Waals surface area contributed by atoms with E-state index in [0.29, 0.717) is 4.90 Å². The number of nitrogens with two attached hydrogens (primary N) is 3. The van der Waals surface area contributed by atoms with Gasteiger partial charge in [0, 0.05) is 0 Å². The Balaban J connectivity index is 4.85. The van der Waals surface area contributed by atoms with Gasteiger partial charge in [-0.2, -0.15) is 0 Å². The summed E-state index contributed by atoms with van der Waals surface area (Å²) in [7, 11) is 0. The second-order valence-corrected chi connectivity index (χ2v) is 3.80. The topological polar surface area (TPSA) is 199 Å². The van der Waals surface area contributed by atoms with Gasteiger partial charge in [-0.1, -0.05) is 0 Å². The first-order valence-electron chi connectivity index (χ1n) is 5.26. The van der Waals surface area contributed by atoms with Gasteiger partial charge in [0.1, 0.15) is 19.1 Å². The average Bonchev–Trinajstić information content (AvgIpc) is 2.24. The standard InChI is InChI=1S/C9H15N5O6/c10-5(15)1-4(8(18)19)13-9(20)14(2-6(11)16)3-7(12)17/h4H,1-3H2,(H2,10,15)(H2,11,16)(H2,12,17)(H,13,20)(H,18,19)/t4-/m1/s1. The van der Waals surface area contributed by atoms with Gasteiger partial charge in [-0.15, -0.1) is 0 Å². The van der Waals surface area contributed by atoms with Crippen LogP contribution >= 0.6 is 0 Å². The van der Waals surface area contributed by atoms with E-state index in [1.807, 2.05) is 5.32 Å². The molecular formula is C9H15N5O6. The van der Waals surface area contributed by atoms with Crippen LogP contribution in [0, 0.1) is 0 Å². The number of hydrogen-bond donors (Lipinski definition) is 5. The van der Waals surface area contributed by atoms with Crippen molar-refractivity contribution in [3.8, 4) is 0 Å². The van der Waals surface area contributed by atoms with E-state index >= 15 is 0 Å². The molecule has 0 aliphatic heterocycles. The van der Waals surface area contributed by atoms with E-state index in [4.69, 9.17) is 22.3 Å². The number of rotatable bonds is 8. The van der Waals surface area contributed by atoms with Crippen LogP contribution in [0.3, 0.4) is 0 Å². The Labute approximate surface area is 113 Å². The predicted octanol–water partition coefficient (Wildman–Crippen LogP) is -3.70. The summed E-state index contributed by atoms with van der Waals surface area (Å²) < 4.78 is 0. The van der Waals surface area contributed by atoms with E-state index in [1.165, 1.54) is 0 Å². The molecule has 11 heteroatoms. The maximum Gasteiger partial charge on any atom is 0.326 e. The molecule has 0 unspecified atom stereocenters. The van der Waals surface area contributed by atoms with Crippen LogP contribution in [0.5, 0.6) is 0 Å². The van der Waals surface area contributed by atoms with Gasteiger partial charge in [0.15, 0.2) is 0 Å². The molecule has 0 aromatic rings. The van der Waals surface area contributed by atoms with Gasteiger partial charge in [-0.25, -0.2) is 9.59 Å². The number of urea groups is 1. The highest BCUT2D eigenvalue weighted by Crippen LogP contribution is 1.96. The van der Waals surface area contributed by atoms with E-state index in [2.05, 4.69) is 0 Å². The molecule has 0 fully saturated rings. The first-order chi connectivity index (χ1) is 9.13. The molecule has 0 aliphatic carbocycles. The Kier molecular flexibility index (Phi) is 6.48. The highest BCUT2D eigenvalue weighted by Gasteiger charge is 2.26. The first kappa shape index (κ1) is 17.2. The summed E-state index contributed by atoms with van der Waals surface area (Å²) in [6.45, 7) is -1.28. The van der Waals surface area contributed by atoms with Crippen LogP contribution in [0.25, 0.3) is 0 Å². The number of primary amides is 3. The molecular weight excluding hydrogens is 274 g/mol. The minimum atomic E-state index is -1.59. The highest BCUT2D eigenvalue weighted by molar-refractivity contribution is 5.91. The molecule has 0 rings (SSSR count). The van der Waals surface area contributed by atoms with Crippen molar-refractivity contribution in [3.05, 3.63) is 0 Å². The van der Waals surface area contributed by atoms with Crippen LogP contribution in [-0.4, -0.2) is 58.9 Å². The second-order valence-electron chi connectivity index (χ2n) is 3.80. The third-order valence-corrected chi connectivity index (χ3v) is 1.98. The van der Waals surface area contributed by atoms with Crippen molar-refractivity contribution in [1.29, 1.82) is 0 Å². The lowest BCUT2D eigenvalue weighted by molar-refractivity contribution is -0.140. The predicted molar refractivity (Wildman–Crippen MR) is 63.7 cm³/mol. The van der Waals surface area contributed by atoms with Crippen LogP contribution in [0.4, 0.5) is 4.79 Å². The lowest BCUT2D eigenvalue weighted by atomic mass is 10.2. The SMILES string of the molecule is NC(=O)C[C@@H](NC(=O)N(CC(N)=O)CC(N)=O)C(=O)O. The Morgan fingerprint density at radius 2 is 1.40 bits per heavy atom. The van der Waals surface area contributed by atoms with Crippen LogP contribution < -0.4 is 22.5 Å². The summed E-state index contributed by atoms with van der Waals surface area (Å²) in [5.74, 6) is -4.31. The summed E-state index contributed by atoms with van der Waals surface area (Å²) in [5.41, 5.74) is 14.6. The van der Waals surface area contributed by atoms with Crippen LogP contribution in [0.15, 0.2) is 0 Å². The first-order valence-corrected chi connectivity index (χ1v) is 5.26. The van der Waals surface area contributed by atoms with E-state index in [-0.39, 0.29) is 0 Å². The third-order valence-electron chi connectivity index (χ3n) is 1.98. The monoisotopic (exact) mass is 289 g/mol. The number of carbonyl (C=O) groups is 5. The largest absolute Gasteiger partial charge is 0.480 e. The van der Waals surface area contributed by atoms with Gasteiger partial charge in [0.25, 0.3) is 0 Å². The number of nitrogens with one attached hydrogen (secondary N) is 1. The summed E-state index contributed by atoms with van der Waals surface area (Å²) in [5, 5.41) is 10.7. The zero-order valence-electron chi connectivity index (χ0n) is 10.4. The fourth-order valence-electron chi connectivity index (χ4n) is 1.22. The smallest absolute Gasteiger partial charge is 0.326 e. The van der Waals surface area contributed by atoms with Crippen molar-refractivity contribution in [2.45, 2.75) is 12.5 Å². The zero-order valence-corrected chi connectivity index (χ0v) is 10.4. The zero-order chi connectivity index (χ0) is 15.9. The fourth-order valence-corrected chi connectivity index (χ4v) is 1.22. The molecule has 11 nitrogen and oxygen atoms in total. The molecule has 20 heavy (non-hydrogen) atoms. The van der Waals surface area contributed by atoms with Gasteiger partial charge >= 0.3 is 12.0 Å². The molecule has 0 aliphatic rings. The van der Waals surface area contributed by atoms with Crippen molar-refractivity contribution in [3.63, 3.8) is 0 Å². The Morgan fingerprint density at radius 3 is 1.70 bits per heavy atom. The number of amides is 5. The number of carbonyl (C=O) groups excluding carboxylic acids is 4. The molecule has 0 aromatic carbocycles. The minimum Gasteiger partial charge on any atom is -0.480 e. The lowest BCUT2D eigenvalue weighted by Gasteiger charge is -2.22. The van der Waals surface area contributed by atoms with E-state index in [0.717, 1.165) is 0 Å². The van der Waals surface area contributed by atoms with Gasteiger partial charge in [-0.3, -0.25) is 14.4 Å². The van der Waals surface area contributed by atoms with Gasteiger partial charge in [0.2, 0.25) is 17.7 Å². The van der Waals surface area contributed by atoms with Crippen LogP contribution in [0.2, 0.25) is 0 Å². The van der Waals surface area contributed by atoms with Crippen LogP contribution in [0.1, 0.15) is 6.42 Å². The molecule has 112 valence electrons. The van der Waals surface area contributed by atoms with E-state index in [9.17, 15) is 24.0 Å². The highest BCUT2D eigenvalue weighted by atomic mass is 16.4. The fraction of sp³-hybridized carbons (Fsp3) is 0.444. The normalized spacial score (nSPS) is 11.2. The molecule has 0 radical (unpaired) electrons. The molecule has 8 N–H and O–H groups in total. The van der Waals surface area contributed by atoms with Gasteiger partial charge in [0.05, 0.1) is 6.42 Å². The van der Waals surface area contributed by atoms with Gasteiger partial charge < -0.3 is 32.5 Å². The van der Waals surface area contributed by atoms with Crippen molar-refractivity contribution in [2.24, 2.45) is 17.2 Å².